The Morgan fingerprint density at radius 1 is 0.800 bits per heavy atom. The molecule has 0 aromatic heterocycles. The second-order valence-electron chi connectivity index (χ2n) is 3.67. The molecule has 7 heteroatoms. The van der Waals surface area contributed by atoms with Crippen molar-refractivity contribution in [3.8, 4) is 0 Å². The average Bonchev–Trinajstić information content (AvgIpc) is 2.35. The molecule has 0 aromatic rings. The van der Waals surface area contributed by atoms with Crippen LogP contribution < -0.4 is 0 Å². The van der Waals surface area contributed by atoms with Gasteiger partial charge in [0.2, 0.25) is 0 Å². The van der Waals surface area contributed by atoms with Gasteiger partial charge in [0, 0.05) is 12.8 Å². The number of carboxylic acid groups (broad SMARTS) is 3. The predicted molar refractivity (Wildman–Crippen MR) is 80.3 cm³/mol. The van der Waals surface area contributed by atoms with Crippen LogP contribution in [0.1, 0.15) is 52.9 Å². The van der Waals surface area contributed by atoms with E-state index in [4.69, 9.17) is 15.3 Å². The van der Waals surface area contributed by atoms with Crippen molar-refractivity contribution in [2.24, 2.45) is 0 Å². The van der Waals surface area contributed by atoms with Gasteiger partial charge < -0.3 is 15.3 Å². The number of hydrogen-bond donors (Lipinski definition) is 3. The van der Waals surface area contributed by atoms with Crippen LogP contribution in [0.2, 0.25) is 0 Å². The van der Waals surface area contributed by atoms with Gasteiger partial charge in [-0.25, -0.2) is 0 Å². The lowest BCUT2D eigenvalue weighted by molar-refractivity contribution is -0.138. The van der Waals surface area contributed by atoms with E-state index in [0.717, 1.165) is 25.0 Å². The normalized spacial score (nSPS) is 8.55. The largest absolute Gasteiger partial charge is 0.481 e. The lowest BCUT2D eigenvalue weighted by atomic mass is 10.3. The number of thioether (sulfide) groups is 1. The molecular weight excluding hydrogens is 284 g/mol. The van der Waals surface area contributed by atoms with Crippen LogP contribution in [0.15, 0.2) is 0 Å². The van der Waals surface area contributed by atoms with Crippen LogP contribution in [0.25, 0.3) is 0 Å². The summed E-state index contributed by atoms with van der Waals surface area (Å²) in [7, 11) is 0. The van der Waals surface area contributed by atoms with Gasteiger partial charge in [0.05, 0.1) is 5.75 Å². The van der Waals surface area contributed by atoms with E-state index in [-0.39, 0.29) is 5.75 Å². The molecule has 0 amide bonds. The Balaban J connectivity index is -0.000000218. The minimum Gasteiger partial charge on any atom is -0.481 e. The molecule has 0 spiro atoms. The number of carboxylic acids is 3. The van der Waals surface area contributed by atoms with Crippen molar-refractivity contribution in [3.05, 3.63) is 0 Å². The van der Waals surface area contributed by atoms with E-state index in [1.165, 1.54) is 11.8 Å². The van der Waals surface area contributed by atoms with Gasteiger partial charge >= 0.3 is 17.9 Å². The first-order valence-corrected chi connectivity index (χ1v) is 7.70. The quantitative estimate of drug-likeness (QED) is 0.631. The highest BCUT2D eigenvalue weighted by atomic mass is 32.2. The fourth-order valence-electron chi connectivity index (χ4n) is 0.731. The Kier molecular flexibility index (Phi) is 23.9. The first kappa shape index (κ1) is 23.8. The summed E-state index contributed by atoms with van der Waals surface area (Å²) in [6.07, 6.45) is 3.10. The molecule has 0 unspecified atom stereocenters. The molecule has 0 aromatic carbocycles. The molecule has 0 aliphatic heterocycles. The van der Waals surface area contributed by atoms with Gasteiger partial charge in [-0.1, -0.05) is 27.2 Å². The molecule has 6 nitrogen and oxygen atoms in total. The van der Waals surface area contributed by atoms with E-state index < -0.39 is 17.9 Å². The van der Waals surface area contributed by atoms with Crippen LogP contribution in [0.5, 0.6) is 0 Å². The molecular formula is C13H26O6S. The molecule has 0 rings (SSSR count). The highest BCUT2D eigenvalue weighted by Gasteiger charge is 1.91. The summed E-state index contributed by atoms with van der Waals surface area (Å²) in [5, 5.41) is 24.0. The number of carbonyl (C=O) groups is 3. The van der Waals surface area contributed by atoms with Gasteiger partial charge in [-0.3, -0.25) is 14.4 Å². The van der Waals surface area contributed by atoms with E-state index in [9.17, 15) is 14.4 Å². The zero-order chi connectivity index (χ0) is 16.4. The minimum absolute atomic E-state index is 0.233. The molecule has 0 heterocycles. The second kappa shape index (κ2) is 20.1. The van der Waals surface area contributed by atoms with Crippen molar-refractivity contribution in [3.63, 3.8) is 0 Å². The Morgan fingerprint density at radius 3 is 1.40 bits per heavy atom. The zero-order valence-corrected chi connectivity index (χ0v) is 13.2. The summed E-state index contributed by atoms with van der Waals surface area (Å²) < 4.78 is 0. The first-order valence-electron chi connectivity index (χ1n) is 6.54. The Hall–Kier alpha value is -1.24. The van der Waals surface area contributed by atoms with Crippen LogP contribution >= 0.6 is 11.8 Å². The average molecular weight is 310 g/mol. The highest BCUT2D eigenvalue weighted by Crippen LogP contribution is 1.95. The molecule has 3 N–H and O–H groups in total. The highest BCUT2D eigenvalue weighted by molar-refractivity contribution is 7.99. The first-order chi connectivity index (χ1) is 9.31. The van der Waals surface area contributed by atoms with E-state index >= 15 is 0 Å². The monoisotopic (exact) mass is 310 g/mol. The minimum atomic E-state index is -0.730. The number of aliphatic carboxylic acids is 3. The molecule has 0 fully saturated rings. The summed E-state index contributed by atoms with van der Waals surface area (Å²) in [5.74, 6) is -1.02. The summed E-state index contributed by atoms with van der Waals surface area (Å²) in [4.78, 5) is 29.1. The smallest absolute Gasteiger partial charge is 0.313 e. The Morgan fingerprint density at radius 2 is 1.30 bits per heavy atom. The molecule has 0 saturated heterocycles. The molecule has 0 atom stereocenters. The molecule has 120 valence electrons. The third kappa shape index (κ3) is 43.7. The van der Waals surface area contributed by atoms with Gasteiger partial charge in [0.15, 0.2) is 0 Å². The van der Waals surface area contributed by atoms with Crippen molar-refractivity contribution < 1.29 is 29.7 Å². The van der Waals surface area contributed by atoms with Crippen LogP contribution in [0.4, 0.5) is 0 Å². The molecule has 0 aliphatic rings. The van der Waals surface area contributed by atoms with Crippen LogP contribution in [-0.4, -0.2) is 44.7 Å². The number of rotatable bonds is 8. The van der Waals surface area contributed by atoms with Gasteiger partial charge in [-0.2, -0.15) is 11.8 Å². The third-order valence-corrected chi connectivity index (χ3v) is 2.50. The summed E-state index contributed by atoms with van der Waals surface area (Å²) >= 11 is 1.42. The van der Waals surface area contributed by atoms with Gasteiger partial charge in [-0.15, -0.1) is 0 Å². The number of hydrogen-bond acceptors (Lipinski definition) is 4. The summed E-state index contributed by atoms with van der Waals surface area (Å²) in [5.41, 5.74) is 0. The fourth-order valence-corrected chi connectivity index (χ4v) is 1.11. The van der Waals surface area contributed by atoms with Crippen molar-refractivity contribution >= 4 is 29.7 Å². The van der Waals surface area contributed by atoms with E-state index in [1.54, 1.807) is 0 Å². The topological polar surface area (TPSA) is 112 Å². The molecule has 20 heavy (non-hydrogen) atoms. The van der Waals surface area contributed by atoms with E-state index in [2.05, 4.69) is 0 Å². The zero-order valence-electron chi connectivity index (χ0n) is 12.4. The van der Waals surface area contributed by atoms with Crippen LogP contribution in [-0.2, 0) is 14.4 Å². The molecule has 0 bridgehead atoms. The second-order valence-corrected chi connectivity index (χ2v) is 4.95. The third-order valence-electron chi connectivity index (χ3n) is 1.64. The Labute approximate surface area is 124 Å². The lowest BCUT2D eigenvalue weighted by Crippen LogP contribution is -1.97. The predicted octanol–water partition coefficient (Wildman–Crippen LogP) is 2.96. The van der Waals surface area contributed by atoms with Gasteiger partial charge in [0.1, 0.15) is 0 Å². The fraction of sp³-hybridized carbons (Fsp3) is 0.769. The maximum Gasteiger partial charge on any atom is 0.313 e. The van der Waals surface area contributed by atoms with E-state index in [0.29, 0.717) is 12.8 Å². The van der Waals surface area contributed by atoms with Crippen LogP contribution in [0, 0.1) is 0 Å². The maximum absolute atomic E-state index is 9.76. The summed E-state index contributed by atoms with van der Waals surface area (Å²) in [6.45, 7) is 5.75. The SMILES string of the molecule is CCCC(=O)O.CCCCC(=O)O.CCSCC(=O)O. The van der Waals surface area contributed by atoms with Crippen molar-refractivity contribution in [2.75, 3.05) is 11.5 Å². The molecule has 0 radical (unpaired) electrons. The molecule has 0 saturated carbocycles. The van der Waals surface area contributed by atoms with Crippen molar-refractivity contribution in [1.82, 2.24) is 0 Å². The van der Waals surface area contributed by atoms with Crippen molar-refractivity contribution in [1.29, 1.82) is 0 Å². The van der Waals surface area contributed by atoms with Crippen molar-refractivity contribution in [2.45, 2.75) is 52.9 Å². The van der Waals surface area contributed by atoms with Crippen LogP contribution in [0.3, 0.4) is 0 Å². The summed E-state index contributed by atoms with van der Waals surface area (Å²) in [6, 6.07) is 0. The standard InChI is InChI=1S/C5H10O2.C4H8O2S.C4H8O2/c1-2-3-4-5(6)7;1-2-7-3-4(5)6;1-2-3-4(5)6/h2-4H2,1H3,(H,6,7);2-3H2,1H3,(H,5,6);2-3H2,1H3,(H,5,6). The maximum atomic E-state index is 9.76. The Bertz CT molecular complexity index is 237. The lowest BCUT2D eigenvalue weighted by Gasteiger charge is -1.86. The molecule has 0 aliphatic carbocycles. The van der Waals surface area contributed by atoms with Gasteiger partial charge in [-0.05, 0) is 18.6 Å². The number of unbranched alkanes of at least 4 members (excludes halogenated alkanes) is 1. The van der Waals surface area contributed by atoms with Gasteiger partial charge in [0.25, 0.3) is 0 Å². The van der Waals surface area contributed by atoms with E-state index in [1.807, 2.05) is 20.8 Å².